The van der Waals surface area contributed by atoms with Gasteiger partial charge in [-0.05, 0) is 19.1 Å². The molecule has 1 amide bonds. The summed E-state index contributed by atoms with van der Waals surface area (Å²) < 4.78 is 14.2. The molecule has 0 aliphatic rings. The molecule has 2 rings (SSSR count). The second-order valence-corrected chi connectivity index (χ2v) is 3.57. The van der Waals surface area contributed by atoms with E-state index in [0.29, 0.717) is 5.65 Å². The summed E-state index contributed by atoms with van der Waals surface area (Å²) in [5, 5.41) is 9.33. The van der Waals surface area contributed by atoms with E-state index in [2.05, 4.69) is 20.7 Å². The number of carbonyl (C=O) groups excluding carboxylic acids is 1. The van der Waals surface area contributed by atoms with Gasteiger partial charge in [-0.25, -0.2) is 8.91 Å². The first-order valence-corrected chi connectivity index (χ1v) is 5.10. The van der Waals surface area contributed by atoms with Crippen LogP contribution in [0.3, 0.4) is 0 Å². The van der Waals surface area contributed by atoms with Crippen molar-refractivity contribution in [2.75, 3.05) is 12.4 Å². The van der Waals surface area contributed by atoms with Crippen LogP contribution in [0.2, 0.25) is 0 Å². The first-order valence-electron chi connectivity index (χ1n) is 5.10. The lowest BCUT2D eigenvalue weighted by molar-refractivity contribution is -0.121. The number of carbonyl (C=O) groups is 1. The average Bonchev–Trinajstić information content (AvgIpc) is 2.69. The highest BCUT2D eigenvalue weighted by Gasteiger charge is 2.13. The third kappa shape index (κ3) is 2.32. The number of amides is 1. The van der Waals surface area contributed by atoms with Crippen LogP contribution in [0.1, 0.15) is 6.92 Å². The van der Waals surface area contributed by atoms with Gasteiger partial charge in [-0.15, -0.1) is 5.10 Å². The first kappa shape index (κ1) is 11.3. The van der Waals surface area contributed by atoms with E-state index >= 15 is 0 Å². The minimum absolute atomic E-state index is 0.171. The summed E-state index contributed by atoms with van der Waals surface area (Å²) in [6, 6.07) is 2.36. The van der Waals surface area contributed by atoms with E-state index in [1.807, 2.05) is 0 Å². The predicted molar refractivity (Wildman–Crippen MR) is 60.1 cm³/mol. The fraction of sp³-hybridized carbons (Fsp3) is 0.300. The third-order valence-electron chi connectivity index (χ3n) is 2.28. The number of aromatic nitrogens is 3. The Bertz CT molecular complexity index is 553. The summed E-state index contributed by atoms with van der Waals surface area (Å²) in [6.45, 7) is 1.69. The number of halogens is 1. The molecule has 0 radical (unpaired) electrons. The molecule has 2 N–H and O–H groups in total. The van der Waals surface area contributed by atoms with Crippen molar-refractivity contribution in [3.05, 3.63) is 24.1 Å². The third-order valence-corrected chi connectivity index (χ3v) is 2.28. The van der Waals surface area contributed by atoms with Crippen molar-refractivity contribution in [1.29, 1.82) is 0 Å². The SMILES string of the molecule is CNC(=O)C(C)Nc1nc2ccc(F)cn2n1. The van der Waals surface area contributed by atoms with Crippen molar-refractivity contribution < 1.29 is 9.18 Å². The predicted octanol–water partition coefficient (Wildman–Crippen LogP) is 0.415. The van der Waals surface area contributed by atoms with E-state index in [9.17, 15) is 9.18 Å². The Morgan fingerprint density at radius 2 is 2.29 bits per heavy atom. The largest absolute Gasteiger partial charge is 0.357 e. The molecule has 90 valence electrons. The quantitative estimate of drug-likeness (QED) is 0.811. The molecule has 1 atom stereocenters. The lowest BCUT2D eigenvalue weighted by Gasteiger charge is -2.09. The van der Waals surface area contributed by atoms with Gasteiger partial charge < -0.3 is 10.6 Å². The normalized spacial score (nSPS) is 12.4. The highest BCUT2D eigenvalue weighted by Crippen LogP contribution is 2.07. The van der Waals surface area contributed by atoms with Gasteiger partial charge in [-0.1, -0.05) is 0 Å². The van der Waals surface area contributed by atoms with Crippen LogP contribution in [-0.2, 0) is 4.79 Å². The van der Waals surface area contributed by atoms with E-state index in [1.165, 1.54) is 22.8 Å². The highest BCUT2D eigenvalue weighted by molar-refractivity contribution is 5.83. The van der Waals surface area contributed by atoms with Crippen LogP contribution in [0.5, 0.6) is 0 Å². The molecule has 7 heteroatoms. The van der Waals surface area contributed by atoms with E-state index in [0.717, 1.165) is 0 Å². The number of hydrogen-bond acceptors (Lipinski definition) is 4. The fourth-order valence-electron chi connectivity index (χ4n) is 1.39. The average molecular weight is 237 g/mol. The Balaban J connectivity index is 2.22. The minimum Gasteiger partial charge on any atom is -0.357 e. The Morgan fingerprint density at radius 1 is 1.53 bits per heavy atom. The molecule has 0 spiro atoms. The van der Waals surface area contributed by atoms with Gasteiger partial charge in [0.15, 0.2) is 5.65 Å². The molecule has 6 nitrogen and oxygen atoms in total. The molecule has 17 heavy (non-hydrogen) atoms. The van der Waals surface area contributed by atoms with Gasteiger partial charge in [0, 0.05) is 7.05 Å². The van der Waals surface area contributed by atoms with Crippen LogP contribution in [0.25, 0.3) is 5.65 Å². The zero-order valence-corrected chi connectivity index (χ0v) is 9.44. The lowest BCUT2D eigenvalue weighted by Crippen LogP contribution is -2.35. The number of fused-ring (bicyclic) bond motifs is 1. The molecule has 0 aliphatic heterocycles. The van der Waals surface area contributed by atoms with Gasteiger partial charge in [0.1, 0.15) is 11.9 Å². The van der Waals surface area contributed by atoms with E-state index in [-0.39, 0.29) is 11.9 Å². The smallest absolute Gasteiger partial charge is 0.243 e. The van der Waals surface area contributed by atoms with E-state index in [4.69, 9.17) is 0 Å². The molecule has 2 aromatic rings. The number of pyridine rings is 1. The van der Waals surface area contributed by atoms with Crippen molar-refractivity contribution in [2.45, 2.75) is 13.0 Å². The standard InChI is InChI=1S/C10H12FN5O/c1-6(9(17)12-2)13-10-14-8-4-3-7(11)5-16(8)15-10/h3-6H,1-2H3,(H,12,17)(H,13,15). The van der Waals surface area contributed by atoms with Gasteiger partial charge in [-0.3, -0.25) is 4.79 Å². The number of rotatable bonds is 3. The number of nitrogens with one attached hydrogen (secondary N) is 2. The van der Waals surface area contributed by atoms with Gasteiger partial charge >= 0.3 is 0 Å². The Kier molecular flexibility index (Phi) is 2.90. The van der Waals surface area contributed by atoms with Crippen molar-refractivity contribution in [3.63, 3.8) is 0 Å². The molecule has 0 saturated carbocycles. The molecule has 0 bridgehead atoms. The minimum atomic E-state index is -0.456. The molecule has 0 fully saturated rings. The topological polar surface area (TPSA) is 71.3 Å². The molecular weight excluding hydrogens is 225 g/mol. The van der Waals surface area contributed by atoms with Crippen LogP contribution in [-0.4, -0.2) is 33.6 Å². The molecule has 0 aromatic carbocycles. The molecule has 0 aliphatic carbocycles. The zero-order chi connectivity index (χ0) is 12.4. The lowest BCUT2D eigenvalue weighted by atomic mass is 10.3. The van der Waals surface area contributed by atoms with Crippen molar-refractivity contribution in [2.24, 2.45) is 0 Å². The van der Waals surface area contributed by atoms with Crippen molar-refractivity contribution >= 4 is 17.5 Å². The van der Waals surface area contributed by atoms with Crippen molar-refractivity contribution in [3.8, 4) is 0 Å². The van der Waals surface area contributed by atoms with Crippen LogP contribution in [0.15, 0.2) is 18.3 Å². The summed E-state index contributed by atoms with van der Waals surface area (Å²) in [5.41, 5.74) is 0.512. The maximum atomic E-state index is 12.9. The highest BCUT2D eigenvalue weighted by atomic mass is 19.1. The zero-order valence-electron chi connectivity index (χ0n) is 9.44. The van der Waals surface area contributed by atoms with Gasteiger partial charge in [0.25, 0.3) is 0 Å². The van der Waals surface area contributed by atoms with Gasteiger partial charge in [-0.2, -0.15) is 4.98 Å². The first-order chi connectivity index (χ1) is 8.10. The number of hydrogen-bond donors (Lipinski definition) is 2. The molecule has 2 heterocycles. The van der Waals surface area contributed by atoms with Crippen LogP contribution in [0.4, 0.5) is 10.3 Å². The van der Waals surface area contributed by atoms with Gasteiger partial charge in [0.05, 0.1) is 6.20 Å². The summed E-state index contributed by atoms with van der Waals surface area (Å²) in [7, 11) is 1.55. The van der Waals surface area contributed by atoms with E-state index in [1.54, 1.807) is 14.0 Å². The Morgan fingerprint density at radius 3 is 3.00 bits per heavy atom. The fourth-order valence-corrected chi connectivity index (χ4v) is 1.39. The summed E-state index contributed by atoms with van der Waals surface area (Å²) in [4.78, 5) is 15.4. The van der Waals surface area contributed by atoms with Crippen LogP contribution < -0.4 is 10.6 Å². The van der Waals surface area contributed by atoms with Crippen LogP contribution >= 0.6 is 0 Å². The molecule has 0 saturated heterocycles. The monoisotopic (exact) mass is 237 g/mol. The molecular formula is C10H12FN5O. The maximum absolute atomic E-state index is 12.9. The summed E-state index contributed by atoms with van der Waals surface area (Å²) >= 11 is 0. The summed E-state index contributed by atoms with van der Waals surface area (Å²) in [5.74, 6) is -0.282. The Labute approximate surface area is 96.8 Å². The Hall–Kier alpha value is -2.18. The number of anilines is 1. The van der Waals surface area contributed by atoms with Gasteiger partial charge in [0.2, 0.25) is 11.9 Å². The van der Waals surface area contributed by atoms with Crippen molar-refractivity contribution in [1.82, 2.24) is 19.9 Å². The molecule has 1 unspecified atom stereocenters. The van der Waals surface area contributed by atoms with E-state index < -0.39 is 11.9 Å². The maximum Gasteiger partial charge on any atom is 0.243 e. The number of nitrogens with zero attached hydrogens (tertiary/aromatic N) is 3. The number of likely N-dealkylation sites (N-methyl/N-ethyl adjacent to an activating group) is 1. The second kappa shape index (κ2) is 4.36. The molecule has 2 aromatic heterocycles. The summed E-state index contributed by atoms with van der Waals surface area (Å²) in [6.07, 6.45) is 1.22. The second-order valence-electron chi connectivity index (χ2n) is 3.57. The van der Waals surface area contributed by atoms with Crippen LogP contribution in [0, 0.1) is 5.82 Å².